The quantitative estimate of drug-likeness (QED) is 0.757. The summed E-state index contributed by atoms with van der Waals surface area (Å²) in [5.41, 5.74) is 4.86. The van der Waals surface area contributed by atoms with Gasteiger partial charge in [-0.25, -0.2) is 4.68 Å². The number of benzene rings is 1. The molecule has 134 valence electrons. The molecule has 1 aliphatic heterocycles. The summed E-state index contributed by atoms with van der Waals surface area (Å²) in [7, 11) is 0. The smallest absolute Gasteiger partial charge is 0.226 e. The summed E-state index contributed by atoms with van der Waals surface area (Å²) in [5, 5.41) is 8.12. The van der Waals surface area contributed by atoms with Crippen molar-refractivity contribution >= 4 is 11.7 Å². The van der Waals surface area contributed by atoms with Crippen molar-refractivity contribution < 1.29 is 4.79 Å². The first-order chi connectivity index (χ1) is 13.2. The number of hydrogen-bond donors (Lipinski definition) is 1. The van der Waals surface area contributed by atoms with E-state index in [0.717, 1.165) is 35.2 Å². The van der Waals surface area contributed by atoms with Crippen molar-refractivity contribution in [3.05, 3.63) is 71.2 Å². The van der Waals surface area contributed by atoms with Crippen LogP contribution in [0.5, 0.6) is 0 Å². The van der Waals surface area contributed by atoms with Gasteiger partial charge in [-0.3, -0.25) is 9.78 Å². The van der Waals surface area contributed by atoms with E-state index in [0.29, 0.717) is 18.2 Å². The monoisotopic (exact) mass is 357 g/mol. The number of aryl methyl sites for hydroxylation is 1. The minimum atomic E-state index is -0.288. The van der Waals surface area contributed by atoms with Crippen molar-refractivity contribution in [3.8, 4) is 11.4 Å². The van der Waals surface area contributed by atoms with Crippen molar-refractivity contribution in [1.29, 1.82) is 0 Å². The molecule has 0 spiro atoms. The minimum absolute atomic E-state index is 0.177. The molecular formula is C21H19N5O. The van der Waals surface area contributed by atoms with Gasteiger partial charge >= 0.3 is 0 Å². The van der Waals surface area contributed by atoms with E-state index in [1.165, 1.54) is 5.56 Å². The number of hydrogen-bond acceptors (Lipinski definition) is 5. The predicted octanol–water partition coefficient (Wildman–Crippen LogP) is 3.67. The Morgan fingerprint density at radius 3 is 2.78 bits per heavy atom. The van der Waals surface area contributed by atoms with Crippen LogP contribution in [0.25, 0.3) is 11.4 Å². The zero-order valence-corrected chi connectivity index (χ0v) is 15.0. The van der Waals surface area contributed by atoms with Gasteiger partial charge < -0.3 is 5.32 Å². The number of rotatable bonds is 2. The first-order valence-electron chi connectivity index (χ1n) is 9.17. The molecule has 3 aromatic rings. The van der Waals surface area contributed by atoms with Crippen LogP contribution in [-0.4, -0.2) is 25.5 Å². The lowest BCUT2D eigenvalue weighted by molar-refractivity contribution is -0.116. The Kier molecular flexibility index (Phi) is 3.63. The van der Waals surface area contributed by atoms with Gasteiger partial charge in [0.25, 0.3) is 0 Å². The van der Waals surface area contributed by atoms with Gasteiger partial charge in [0.15, 0.2) is 11.6 Å². The molecule has 3 heterocycles. The second-order valence-electron chi connectivity index (χ2n) is 7.05. The van der Waals surface area contributed by atoms with E-state index in [9.17, 15) is 4.79 Å². The maximum absolute atomic E-state index is 12.8. The van der Waals surface area contributed by atoms with E-state index in [2.05, 4.69) is 17.2 Å². The first kappa shape index (κ1) is 15.9. The van der Waals surface area contributed by atoms with E-state index in [4.69, 9.17) is 10.1 Å². The standard InChI is InChI=1S/C21H19N5O/c1-13-7-9-14(10-8-13)20-24-21-23-16-5-2-6-17(27)18(16)19(26(21)25-20)15-4-3-11-22-12-15/h3-4,7-12,19H,2,5-6H2,1H3,(H,23,24,25). The van der Waals surface area contributed by atoms with Crippen LogP contribution in [0.1, 0.15) is 36.4 Å². The lowest BCUT2D eigenvalue weighted by Gasteiger charge is -2.31. The molecule has 6 heteroatoms. The fourth-order valence-electron chi connectivity index (χ4n) is 3.83. The van der Waals surface area contributed by atoms with Crippen molar-refractivity contribution in [2.45, 2.75) is 32.2 Å². The maximum atomic E-state index is 12.8. The molecule has 1 aromatic carbocycles. The largest absolute Gasteiger partial charge is 0.328 e. The molecule has 5 rings (SSSR count). The van der Waals surface area contributed by atoms with Crippen LogP contribution in [0.3, 0.4) is 0 Å². The van der Waals surface area contributed by atoms with Gasteiger partial charge in [0.05, 0.1) is 0 Å². The third-order valence-electron chi connectivity index (χ3n) is 5.18. The van der Waals surface area contributed by atoms with Gasteiger partial charge in [0.2, 0.25) is 5.95 Å². The Morgan fingerprint density at radius 2 is 2.00 bits per heavy atom. The number of nitrogens with zero attached hydrogens (tertiary/aromatic N) is 4. The average Bonchev–Trinajstić information content (AvgIpc) is 3.11. The Balaban J connectivity index is 1.67. The number of carbonyl (C=O) groups excluding carboxylic acids is 1. The Bertz CT molecular complexity index is 1050. The molecule has 2 aromatic heterocycles. The predicted molar refractivity (Wildman–Crippen MR) is 102 cm³/mol. The molecule has 1 N–H and O–H groups in total. The van der Waals surface area contributed by atoms with Crippen molar-refractivity contribution in [2.24, 2.45) is 0 Å². The van der Waals surface area contributed by atoms with Crippen LogP contribution in [0.15, 0.2) is 60.1 Å². The van der Waals surface area contributed by atoms with Crippen LogP contribution >= 0.6 is 0 Å². The SMILES string of the molecule is Cc1ccc(-c2nc3n(n2)C(c2cccnc2)C2=C(CCCC2=O)N3)cc1. The fraction of sp³-hybridized carbons (Fsp3) is 0.238. The number of ketones is 1. The van der Waals surface area contributed by atoms with Gasteiger partial charge in [0.1, 0.15) is 6.04 Å². The Morgan fingerprint density at radius 1 is 1.15 bits per heavy atom. The fourth-order valence-corrected chi connectivity index (χ4v) is 3.83. The van der Waals surface area contributed by atoms with Crippen LogP contribution < -0.4 is 5.32 Å². The number of nitrogens with one attached hydrogen (secondary N) is 1. The van der Waals surface area contributed by atoms with Crippen LogP contribution in [0.2, 0.25) is 0 Å². The lowest BCUT2D eigenvalue weighted by atomic mass is 9.86. The van der Waals surface area contributed by atoms with E-state index < -0.39 is 0 Å². The normalized spacial score (nSPS) is 18.7. The molecule has 6 nitrogen and oxygen atoms in total. The molecule has 0 saturated carbocycles. The number of pyridine rings is 1. The van der Waals surface area contributed by atoms with Gasteiger partial charge in [-0.05, 0) is 31.4 Å². The van der Waals surface area contributed by atoms with E-state index in [-0.39, 0.29) is 11.8 Å². The van der Waals surface area contributed by atoms with Gasteiger partial charge in [-0.1, -0.05) is 35.9 Å². The molecule has 1 aliphatic carbocycles. The summed E-state index contributed by atoms with van der Waals surface area (Å²) < 4.78 is 1.83. The first-order valence-corrected chi connectivity index (χ1v) is 9.17. The summed E-state index contributed by atoms with van der Waals surface area (Å²) >= 11 is 0. The third-order valence-corrected chi connectivity index (χ3v) is 5.18. The zero-order chi connectivity index (χ0) is 18.4. The van der Waals surface area contributed by atoms with E-state index in [1.807, 2.05) is 41.1 Å². The molecule has 2 aliphatic rings. The minimum Gasteiger partial charge on any atom is -0.328 e. The van der Waals surface area contributed by atoms with Gasteiger partial charge in [0, 0.05) is 35.6 Å². The highest BCUT2D eigenvalue weighted by Crippen LogP contribution is 2.40. The summed E-state index contributed by atoms with van der Waals surface area (Å²) in [6.07, 6.45) is 5.84. The molecule has 27 heavy (non-hydrogen) atoms. The number of fused-ring (bicyclic) bond motifs is 1. The molecule has 0 fully saturated rings. The average molecular weight is 357 g/mol. The Hall–Kier alpha value is -3.28. The lowest BCUT2D eigenvalue weighted by Crippen LogP contribution is -2.31. The van der Waals surface area contributed by atoms with Crippen molar-refractivity contribution in [3.63, 3.8) is 0 Å². The highest BCUT2D eigenvalue weighted by molar-refractivity contribution is 5.99. The van der Waals surface area contributed by atoms with Crippen LogP contribution in [0, 0.1) is 6.92 Å². The topological polar surface area (TPSA) is 72.7 Å². The highest BCUT2D eigenvalue weighted by Gasteiger charge is 2.36. The maximum Gasteiger partial charge on any atom is 0.226 e. The number of Topliss-reactive ketones (excluding diaryl/α,β-unsaturated/α-hetero) is 1. The zero-order valence-electron chi connectivity index (χ0n) is 15.0. The summed E-state index contributed by atoms with van der Waals surface area (Å²) in [6.45, 7) is 2.05. The number of anilines is 1. The number of allylic oxidation sites excluding steroid dienone is 2. The van der Waals surface area contributed by atoms with Gasteiger partial charge in [-0.2, -0.15) is 4.98 Å². The van der Waals surface area contributed by atoms with Crippen LogP contribution in [-0.2, 0) is 4.79 Å². The second-order valence-corrected chi connectivity index (χ2v) is 7.05. The second kappa shape index (κ2) is 6.16. The molecule has 0 bridgehead atoms. The number of aromatic nitrogens is 4. The molecule has 0 saturated heterocycles. The molecule has 0 amide bonds. The molecule has 1 atom stereocenters. The molecule has 1 unspecified atom stereocenters. The summed E-state index contributed by atoms with van der Waals surface area (Å²) in [5.74, 6) is 1.50. The summed E-state index contributed by atoms with van der Waals surface area (Å²) in [4.78, 5) is 21.7. The van der Waals surface area contributed by atoms with E-state index >= 15 is 0 Å². The van der Waals surface area contributed by atoms with Crippen molar-refractivity contribution in [2.75, 3.05) is 5.32 Å². The Labute approximate surface area is 157 Å². The van der Waals surface area contributed by atoms with Crippen LogP contribution in [0.4, 0.5) is 5.95 Å². The summed E-state index contributed by atoms with van der Waals surface area (Å²) in [6, 6.07) is 11.7. The highest BCUT2D eigenvalue weighted by atomic mass is 16.1. The third kappa shape index (κ3) is 2.65. The van der Waals surface area contributed by atoms with Gasteiger partial charge in [-0.15, -0.1) is 5.10 Å². The van der Waals surface area contributed by atoms with E-state index in [1.54, 1.807) is 12.4 Å². The molecular weight excluding hydrogens is 338 g/mol. The molecule has 0 radical (unpaired) electrons. The van der Waals surface area contributed by atoms with Crippen molar-refractivity contribution in [1.82, 2.24) is 19.7 Å². The number of carbonyl (C=O) groups is 1.